The zero-order valence-electron chi connectivity index (χ0n) is 68.6. The van der Waals surface area contributed by atoms with E-state index in [0.29, 0.717) is 127 Å². The zero-order chi connectivity index (χ0) is 87.1. The van der Waals surface area contributed by atoms with Crippen molar-refractivity contribution in [2.75, 3.05) is 42.8 Å². The van der Waals surface area contributed by atoms with E-state index in [1.165, 1.54) is 77.5 Å². The van der Waals surface area contributed by atoms with Crippen LogP contribution in [0.25, 0.3) is 111 Å². The SMILES string of the molecule is C=C(C)c1cccc(NC2CCCc3c2[nH]c2ccc(C)cc32)c1.CCOC(=O)c1ccc(-c2ccc(-c3c(C#N)c(N)n4c(nc5ccccc54)c3C#N)o2)cc1.CCOc1cc(-c2c(C#N)c(N)n3c(nc4ccccc43)c2C#N)ccc1OCc1ccc(C)cc1.COc1cc(-c2c(C#N)c(N)n3c(nc4ccccc43)c2C#N)ccc1OC(C)F. The Morgan fingerprint density at radius 2 is 1.06 bits per heavy atom. The summed E-state index contributed by atoms with van der Waals surface area (Å²) in [6.07, 6.45) is 2.03. The summed E-state index contributed by atoms with van der Waals surface area (Å²) in [6.45, 7) is 16.3. The molecule has 0 spiro atoms. The molecule has 8 heterocycles. The number of carbonyl (C=O) groups excluding carboxylic acids is 1. The quantitative estimate of drug-likeness (QED) is 0.0529. The molecule has 0 amide bonds. The number of nitrogens with one attached hydrogen (secondary N) is 2. The highest BCUT2D eigenvalue weighted by molar-refractivity contribution is 5.97. The summed E-state index contributed by atoms with van der Waals surface area (Å²) in [5.74, 6) is 2.55. The van der Waals surface area contributed by atoms with Crippen molar-refractivity contribution in [2.45, 2.75) is 79.8 Å². The number of nitriles is 6. The Hall–Kier alpha value is -16.9. The average molecular weight is 1640 g/mol. The second-order valence-corrected chi connectivity index (χ2v) is 29.4. The number of fused-ring (bicyclic) bond motifs is 12. The normalized spacial score (nSPS) is 12.2. The first-order valence-electron chi connectivity index (χ1n) is 39.8. The summed E-state index contributed by atoms with van der Waals surface area (Å²) in [5, 5.41) is 65.2. The van der Waals surface area contributed by atoms with E-state index in [1.54, 1.807) is 80.8 Å². The molecule has 25 heteroatoms. The molecule has 0 bridgehead atoms. The number of aryl methyl sites for hydroxylation is 3. The summed E-state index contributed by atoms with van der Waals surface area (Å²) < 4.78 is 51.6. The van der Waals surface area contributed by atoms with E-state index in [2.05, 4.69) is 125 Å². The van der Waals surface area contributed by atoms with Crippen LogP contribution in [0.5, 0.6) is 23.0 Å². The standard InChI is InChI=1S/C29H23N5O2.C26H17N5O3.C22H16FN5O2.C22H24N2/c1-3-35-26-14-20(12-13-25(26)36-17-19-10-8-18(2)9-11-19)27-21(15-30)28(32)34-24-7-5-4-6-23(24)33-29(34)22(27)16-31;1-2-33-26(32)16-9-7-15(8-10-16)21-11-12-22(34-21)23-17(13-27)24(29)31-20-6-4-3-5-19(20)30-25(31)18(23)14-28;1-12(23)30-18-8-7-13(9-19(18)29-2)20-14(10-24)21(26)28-17-6-4-3-5-16(17)27-22(28)15(20)11-25;1-14(2)16-6-4-7-17(13-16)23-21-9-5-8-18-19-12-15(3)10-11-20(19)24-22(18)21/h4-14H,3,17,32H2,1-2H3;3-12H,2,29H2,1H3;3-9,12H,26H2,1-2H3;4,6-7,10-13,21,23-24H,1,5,8-9H2,2-3H3. The van der Waals surface area contributed by atoms with Crippen LogP contribution in [-0.4, -0.2) is 65.8 Å². The summed E-state index contributed by atoms with van der Waals surface area (Å²) >= 11 is 0. The number of para-hydroxylation sites is 6. The zero-order valence-corrected chi connectivity index (χ0v) is 68.6. The summed E-state index contributed by atoms with van der Waals surface area (Å²) in [5.41, 5.74) is 40.1. The molecule has 9 aromatic carbocycles. The first-order chi connectivity index (χ1) is 60.2. The third-order valence-electron chi connectivity index (χ3n) is 21.4. The predicted molar refractivity (Wildman–Crippen MR) is 478 cm³/mol. The van der Waals surface area contributed by atoms with Gasteiger partial charge in [-0.1, -0.05) is 126 Å². The van der Waals surface area contributed by atoms with Gasteiger partial charge in [-0.2, -0.15) is 31.6 Å². The Kier molecular flexibility index (Phi) is 23.5. The second-order valence-electron chi connectivity index (χ2n) is 29.4. The highest BCUT2D eigenvalue weighted by Crippen LogP contribution is 2.45. The van der Waals surface area contributed by atoms with E-state index in [9.17, 15) is 40.8 Å². The Balaban J connectivity index is 0.000000129. The maximum absolute atomic E-state index is 13.3. The minimum absolute atomic E-state index is 0.130. The lowest BCUT2D eigenvalue weighted by molar-refractivity contribution is 0.0526. The smallest absolute Gasteiger partial charge is 0.338 e. The molecule has 2 atom stereocenters. The van der Waals surface area contributed by atoms with Crippen molar-refractivity contribution in [1.82, 2.24) is 33.1 Å². The monoisotopic (exact) mass is 1640 g/mol. The molecule has 1 aliphatic rings. The molecule has 8 N–H and O–H groups in total. The van der Waals surface area contributed by atoms with Crippen molar-refractivity contribution in [2.24, 2.45) is 0 Å². The number of pyridine rings is 3. The number of nitrogens with two attached hydrogens (primary N) is 3. The largest absolute Gasteiger partial charge is 0.493 e. The number of rotatable bonds is 17. The fourth-order valence-electron chi connectivity index (χ4n) is 15.6. The lowest BCUT2D eigenvalue weighted by Crippen LogP contribution is -2.17. The molecule has 2 unspecified atom stereocenters. The van der Waals surface area contributed by atoms with Crippen LogP contribution in [-0.2, 0) is 17.8 Å². The number of ether oxygens (including phenoxy) is 5. The van der Waals surface area contributed by atoms with Gasteiger partial charge in [-0.05, 0) is 191 Å². The molecule has 124 heavy (non-hydrogen) atoms. The van der Waals surface area contributed by atoms with Crippen molar-refractivity contribution in [3.8, 4) is 104 Å². The van der Waals surface area contributed by atoms with Gasteiger partial charge in [-0.25, -0.2) is 24.1 Å². The van der Waals surface area contributed by atoms with E-state index in [4.69, 9.17) is 45.3 Å². The molecular formula is C99H80FN17O7. The van der Waals surface area contributed by atoms with Crippen molar-refractivity contribution >= 4 is 95.6 Å². The number of benzene rings is 9. The number of hydrogen-bond acceptors (Lipinski definition) is 20. The Morgan fingerprint density at radius 1 is 0.556 bits per heavy atom. The van der Waals surface area contributed by atoms with Crippen LogP contribution in [0.3, 0.4) is 0 Å². The van der Waals surface area contributed by atoms with Crippen molar-refractivity contribution < 1.29 is 37.3 Å². The van der Waals surface area contributed by atoms with E-state index < -0.39 is 12.3 Å². The number of furan rings is 1. The van der Waals surface area contributed by atoms with Gasteiger partial charge in [0.25, 0.3) is 0 Å². The molecule has 0 aliphatic heterocycles. The first-order valence-corrected chi connectivity index (χ1v) is 39.8. The molecule has 17 aromatic rings. The lowest BCUT2D eigenvalue weighted by atomic mass is 9.91. The number of nitrogens with zero attached hydrogens (tertiary/aromatic N) is 12. The van der Waals surface area contributed by atoms with Crippen LogP contribution in [0.2, 0.25) is 0 Å². The molecule has 0 radical (unpaired) electrons. The number of carbonyl (C=O) groups is 1. The molecule has 18 rings (SSSR count). The fourth-order valence-corrected chi connectivity index (χ4v) is 15.6. The van der Waals surface area contributed by atoms with E-state index in [0.717, 1.165) is 28.6 Å². The number of halogens is 1. The van der Waals surface area contributed by atoms with Crippen LogP contribution >= 0.6 is 0 Å². The molecule has 1 aliphatic carbocycles. The molecule has 0 saturated heterocycles. The Morgan fingerprint density at radius 3 is 1.59 bits per heavy atom. The van der Waals surface area contributed by atoms with E-state index in [-0.39, 0.29) is 62.3 Å². The minimum atomic E-state index is -1.53. The molecule has 0 saturated carbocycles. The Bertz CT molecular complexity index is 7380. The van der Waals surface area contributed by atoms with Gasteiger partial charge in [0.15, 0.2) is 39.9 Å². The maximum atomic E-state index is 13.3. The number of aromatic nitrogens is 7. The van der Waals surface area contributed by atoms with Crippen molar-refractivity contribution in [1.29, 1.82) is 31.6 Å². The van der Waals surface area contributed by atoms with Gasteiger partial charge in [0, 0.05) is 45.9 Å². The third kappa shape index (κ3) is 15.7. The van der Waals surface area contributed by atoms with Crippen LogP contribution in [0.15, 0.2) is 223 Å². The first kappa shape index (κ1) is 82.2. The van der Waals surface area contributed by atoms with Crippen LogP contribution in [0.1, 0.15) is 124 Å². The van der Waals surface area contributed by atoms with Gasteiger partial charge in [0.2, 0.25) is 6.36 Å². The number of alkyl halides is 1. The minimum Gasteiger partial charge on any atom is -0.493 e. The fraction of sp³-hybridized carbons (Fsp3) is 0.152. The van der Waals surface area contributed by atoms with E-state index >= 15 is 0 Å². The maximum Gasteiger partial charge on any atom is 0.338 e. The topological polar surface area (TPSA) is 377 Å². The molecular weight excluding hydrogens is 1560 g/mol. The summed E-state index contributed by atoms with van der Waals surface area (Å²) in [7, 11) is 1.42. The third-order valence-corrected chi connectivity index (χ3v) is 21.4. The van der Waals surface area contributed by atoms with Crippen LogP contribution < -0.4 is 41.5 Å². The Labute approximate surface area is 712 Å². The molecule has 8 aromatic heterocycles. The number of esters is 1. The number of anilines is 4. The van der Waals surface area contributed by atoms with Crippen molar-refractivity contribution in [3.63, 3.8) is 0 Å². The summed E-state index contributed by atoms with van der Waals surface area (Å²) in [6, 6.07) is 79.2. The molecule has 24 nitrogen and oxygen atoms in total. The number of allylic oxidation sites excluding steroid dienone is 1. The molecule has 0 fully saturated rings. The second kappa shape index (κ2) is 35.4. The van der Waals surface area contributed by atoms with Crippen LogP contribution in [0, 0.1) is 81.8 Å². The van der Waals surface area contributed by atoms with E-state index in [1.807, 2.05) is 117 Å². The number of nitrogen functional groups attached to an aromatic ring is 3. The highest BCUT2D eigenvalue weighted by Gasteiger charge is 2.30. The van der Waals surface area contributed by atoms with Crippen molar-refractivity contribution in [3.05, 3.63) is 291 Å². The molecule has 610 valence electrons. The van der Waals surface area contributed by atoms with Gasteiger partial charge in [0.05, 0.1) is 70.6 Å². The van der Waals surface area contributed by atoms with Crippen LogP contribution in [0.4, 0.5) is 27.5 Å². The van der Waals surface area contributed by atoms with Gasteiger partial charge in [-0.3, -0.25) is 13.2 Å². The number of imidazole rings is 3. The number of H-pyrrole nitrogens is 1. The van der Waals surface area contributed by atoms with Gasteiger partial charge in [0.1, 0.15) is 105 Å². The highest BCUT2D eigenvalue weighted by atomic mass is 19.1. The van der Waals surface area contributed by atoms with Gasteiger partial charge >= 0.3 is 5.97 Å². The predicted octanol–water partition coefficient (Wildman–Crippen LogP) is 20.9. The number of hydrogen-bond donors (Lipinski definition) is 5. The van der Waals surface area contributed by atoms with Gasteiger partial charge in [-0.15, -0.1) is 0 Å². The average Bonchev–Trinajstić information content (AvgIpc) is 1.57. The number of methoxy groups -OCH3 is 1. The lowest BCUT2D eigenvalue weighted by Gasteiger charge is -2.25. The summed E-state index contributed by atoms with van der Waals surface area (Å²) in [4.78, 5) is 29.4. The number of aromatic amines is 1. The van der Waals surface area contributed by atoms with Gasteiger partial charge < -0.3 is 55.6 Å².